The lowest BCUT2D eigenvalue weighted by Crippen LogP contribution is -2.36. The number of nitrogens with one attached hydrogen (secondary N) is 1. The predicted molar refractivity (Wildman–Crippen MR) is 72.4 cm³/mol. The molecule has 3 nitrogen and oxygen atoms in total. The first-order valence-corrected chi connectivity index (χ1v) is 6.62. The standard InChI is InChI=1S/C11H14Br2N2O/c1-2-8(14)6-15-11(16)9-4-3-7(12)5-10(9)13/h3-5,8H,2,6,14H2,1H3,(H,15,16). The van der Waals surface area contributed by atoms with Crippen molar-refractivity contribution in [3.8, 4) is 0 Å². The molecular formula is C11H14Br2N2O. The maximum Gasteiger partial charge on any atom is 0.252 e. The van der Waals surface area contributed by atoms with E-state index in [1.54, 1.807) is 6.07 Å². The van der Waals surface area contributed by atoms with Gasteiger partial charge in [0, 0.05) is 21.5 Å². The summed E-state index contributed by atoms with van der Waals surface area (Å²) in [6, 6.07) is 5.45. The number of carbonyl (C=O) groups is 1. The van der Waals surface area contributed by atoms with E-state index >= 15 is 0 Å². The van der Waals surface area contributed by atoms with E-state index in [1.807, 2.05) is 19.1 Å². The van der Waals surface area contributed by atoms with Gasteiger partial charge in [-0.2, -0.15) is 0 Å². The van der Waals surface area contributed by atoms with Crippen LogP contribution in [0.4, 0.5) is 0 Å². The van der Waals surface area contributed by atoms with Crippen molar-refractivity contribution in [2.75, 3.05) is 6.54 Å². The lowest BCUT2D eigenvalue weighted by atomic mass is 10.2. The summed E-state index contributed by atoms with van der Waals surface area (Å²) in [6.45, 7) is 2.49. The molecule has 16 heavy (non-hydrogen) atoms. The summed E-state index contributed by atoms with van der Waals surface area (Å²) < 4.78 is 1.70. The second-order valence-electron chi connectivity index (χ2n) is 3.50. The van der Waals surface area contributed by atoms with Crippen molar-refractivity contribution in [2.45, 2.75) is 19.4 Å². The molecule has 3 N–H and O–H groups in total. The molecule has 1 unspecified atom stereocenters. The highest BCUT2D eigenvalue weighted by molar-refractivity contribution is 9.11. The Labute approximate surface area is 112 Å². The zero-order chi connectivity index (χ0) is 12.1. The van der Waals surface area contributed by atoms with Gasteiger partial charge in [0.15, 0.2) is 0 Å². The van der Waals surface area contributed by atoms with Gasteiger partial charge in [-0.1, -0.05) is 22.9 Å². The third kappa shape index (κ3) is 3.88. The van der Waals surface area contributed by atoms with E-state index in [0.717, 1.165) is 15.4 Å². The van der Waals surface area contributed by atoms with Crippen LogP contribution in [0.15, 0.2) is 27.1 Å². The smallest absolute Gasteiger partial charge is 0.252 e. The highest BCUT2D eigenvalue weighted by Gasteiger charge is 2.10. The minimum atomic E-state index is -0.108. The molecule has 1 atom stereocenters. The summed E-state index contributed by atoms with van der Waals surface area (Å²) in [4.78, 5) is 11.8. The van der Waals surface area contributed by atoms with Crippen LogP contribution >= 0.6 is 31.9 Å². The lowest BCUT2D eigenvalue weighted by Gasteiger charge is -2.11. The van der Waals surface area contributed by atoms with Gasteiger partial charge in [-0.25, -0.2) is 0 Å². The Balaban J connectivity index is 2.66. The predicted octanol–water partition coefficient (Wildman–Crippen LogP) is 2.68. The zero-order valence-corrected chi connectivity index (χ0v) is 12.1. The van der Waals surface area contributed by atoms with Gasteiger partial charge in [0.1, 0.15) is 0 Å². The molecule has 0 fully saturated rings. The van der Waals surface area contributed by atoms with Crippen LogP contribution in [-0.2, 0) is 0 Å². The Kier molecular flexibility index (Phi) is 5.44. The summed E-state index contributed by atoms with van der Waals surface area (Å²) in [7, 11) is 0. The van der Waals surface area contributed by atoms with Crippen LogP contribution in [0.5, 0.6) is 0 Å². The molecule has 0 spiro atoms. The zero-order valence-electron chi connectivity index (χ0n) is 8.97. The molecule has 5 heteroatoms. The van der Waals surface area contributed by atoms with Gasteiger partial charge in [-0.05, 0) is 40.5 Å². The second-order valence-corrected chi connectivity index (χ2v) is 5.27. The summed E-state index contributed by atoms with van der Waals surface area (Å²) >= 11 is 6.69. The van der Waals surface area contributed by atoms with Crippen molar-refractivity contribution < 1.29 is 4.79 Å². The van der Waals surface area contributed by atoms with Gasteiger partial charge in [-0.3, -0.25) is 4.79 Å². The fourth-order valence-corrected chi connectivity index (χ4v) is 2.36. The lowest BCUT2D eigenvalue weighted by molar-refractivity contribution is 0.0950. The molecule has 0 heterocycles. The number of nitrogens with two attached hydrogens (primary N) is 1. The molecular weight excluding hydrogens is 336 g/mol. The minimum absolute atomic E-state index is 0.0122. The van der Waals surface area contributed by atoms with Gasteiger partial charge in [0.2, 0.25) is 0 Å². The van der Waals surface area contributed by atoms with Crippen molar-refractivity contribution >= 4 is 37.8 Å². The Morgan fingerprint density at radius 1 is 1.50 bits per heavy atom. The van der Waals surface area contributed by atoms with Crippen molar-refractivity contribution in [1.82, 2.24) is 5.32 Å². The maximum absolute atomic E-state index is 11.8. The first kappa shape index (κ1) is 13.7. The van der Waals surface area contributed by atoms with E-state index in [-0.39, 0.29) is 11.9 Å². The third-order valence-corrected chi connectivity index (χ3v) is 3.37. The van der Waals surface area contributed by atoms with Crippen molar-refractivity contribution in [1.29, 1.82) is 0 Å². The summed E-state index contributed by atoms with van der Waals surface area (Å²) in [5.74, 6) is -0.108. The van der Waals surface area contributed by atoms with Crippen LogP contribution < -0.4 is 11.1 Å². The fourth-order valence-electron chi connectivity index (χ4n) is 1.14. The fraction of sp³-hybridized carbons (Fsp3) is 0.364. The van der Waals surface area contributed by atoms with Crippen molar-refractivity contribution in [3.63, 3.8) is 0 Å². The summed E-state index contributed by atoms with van der Waals surface area (Å²) in [6.07, 6.45) is 0.849. The summed E-state index contributed by atoms with van der Waals surface area (Å²) in [5, 5.41) is 2.80. The normalized spacial score (nSPS) is 12.2. The van der Waals surface area contributed by atoms with Gasteiger partial charge in [0.05, 0.1) is 5.56 Å². The Morgan fingerprint density at radius 2 is 2.19 bits per heavy atom. The number of hydrogen-bond acceptors (Lipinski definition) is 2. The molecule has 0 radical (unpaired) electrons. The highest BCUT2D eigenvalue weighted by atomic mass is 79.9. The molecule has 0 aromatic heterocycles. The molecule has 1 aromatic carbocycles. The van der Waals surface area contributed by atoms with E-state index in [1.165, 1.54) is 0 Å². The van der Waals surface area contributed by atoms with E-state index in [2.05, 4.69) is 37.2 Å². The van der Waals surface area contributed by atoms with Crippen LogP contribution in [0.1, 0.15) is 23.7 Å². The number of rotatable bonds is 4. The molecule has 0 saturated heterocycles. The van der Waals surface area contributed by atoms with Crippen LogP contribution in [0, 0.1) is 0 Å². The van der Waals surface area contributed by atoms with E-state index in [9.17, 15) is 4.79 Å². The third-order valence-electron chi connectivity index (χ3n) is 2.22. The molecule has 0 bridgehead atoms. The molecule has 1 amide bonds. The quantitative estimate of drug-likeness (QED) is 0.878. The molecule has 0 aliphatic heterocycles. The van der Waals surface area contributed by atoms with Crippen molar-refractivity contribution in [3.05, 3.63) is 32.7 Å². The number of amides is 1. The van der Waals surface area contributed by atoms with E-state index < -0.39 is 0 Å². The number of hydrogen-bond donors (Lipinski definition) is 2. The van der Waals surface area contributed by atoms with Gasteiger partial charge >= 0.3 is 0 Å². The van der Waals surface area contributed by atoms with Crippen LogP contribution in [0.25, 0.3) is 0 Å². The first-order valence-electron chi connectivity index (χ1n) is 5.03. The first-order chi connectivity index (χ1) is 7.54. The largest absolute Gasteiger partial charge is 0.350 e. The number of halogens is 2. The Morgan fingerprint density at radius 3 is 2.75 bits per heavy atom. The maximum atomic E-state index is 11.8. The summed E-state index contributed by atoms with van der Waals surface area (Å²) in [5.41, 5.74) is 6.34. The Bertz CT molecular complexity index is 382. The average Bonchev–Trinajstić information content (AvgIpc) is 2.25. The van der Waals surface area contributed by atoms with Gasteiger partial charge < -0.3 is 11.1 Å². The van der Waals surface area contributed by atoms with Crippen LogP contribution in [0.2, 0.25) is 0 Å². The topological polar surface area (TPSA) is 55.1 Å². The SMILES string of the molecule is CCC(N)CNC(=O)c1ccc(Br)cc1Br. The number of carbonyl (C=O) groups excluding carboxylic acids is 1. The molecule has 88 valence electrons. The highest BCUT2D eigenvalue weighted by Crippen LogP contribution is 2.21. The molecule has 0 aliphatic rings. The molecule has 0 aliphatic carbocycles. The number of benzene rings is 1. The Hall–Kier alpha value is -0.390. The van der Waals surface area contributed by atoms with Crippen LogP contribution in [-0.4, -0.2) is 18.5 Å². The van der Waals surface area contributed by atoms with E-state index in [4.69, 9.17) is 5.73 Å². The molecule has 1 rings (SSSR count). The van der Waals surface area contributed by atoms with Gasteiger partial charge in [-0.15, -0.1) is 0 Å². The van der Waals surface area contributed by atoms with Crippen LogP contribution in [0.3, 0.4) is 0 Å². The molecule has 1 aromatic rings. The van der Waals surface area contributed by atoms with Gasteiger partial charge in [0.25, 0.3) is 5.91 Å². The van der Waals surface area contributed by atoms with E-state index in [0.29, 0.717) is 12.1 Å². The monoisotopic (exact) mass is 348 g/mol. The molecule has 0 saturated carbocycles. The van der Waals surface area contributed by atoms with Crippen molar-refractivity contribution in [2.24, 2.45) is 5.73 Å². The second kappa shape index (κ2) is 6.37. The average molecular weight is 350 g/mol. The minimum Gasteiger partial charge on any atom is -0.350 e.